The van der Waals surface area contributed by atoms with E-state index >= 15 is 0 Å². The van der Waals surface area contributed by atoms with Gasteiger partial charge in [-0.25, -0.2) is 0 Å². The number of hydrogen-bond donors (Lipinski definition) is 11. The van der Waals surface area contributed by atoms with Crippen molar-refractivity contribution in [3.63, 3.8) is 0 Å². The van der Waals surface area contributed by atoms with Crippen LogP contribution in [-0.4, -0.2) is 157 Å². The van der Waals surface area contributed by atoms with Crippen molar-refractivity contribution in [2.75, 3.05) is 19.8 Å². The van der Waals surface area contributed by atoms with Crippen LogP contribution in [0.2, 0.25) is 0 Å². The first-order valence-electron chi connectivity index (χ1n) is 11.3. The lowest BCUT2D eigenvalue weighted by Crippen LogP contribution is -2.73. The molecule has 14 N–H and O–H groups in total. The first-order valence-corrected chi connectivity index (χ1v) is 11.3. The molecule has 0 spiro atoms. The van der Waals surface area contributed by atoms with E-state index in [4.69, 9.17) is 40.9 Å². The van der Waals surface area contributed by atoms with E-state index in [-0.39, 0.29) is 0 Å². The number of aliphatic hydroxyl groups excluding tert-OH is 8. The molecule has 2 unspecified atom stereocenters. The van der Waals surface area contributed by atoms with E-state index in [0.717, 1.165) is 0 Å². The molecule has 15 atom stereocenters. The Balaban J connectivity index is 1.78. The van der Waals surface area contributed by atoms with Crippen molar-refractivity contribution in [3.05, 3.63) is 10.1 Å². The second-order valence-electron chi connectivity index (χ2n) is 9.07. The summed E-state index contributed by atoms with van der Waals surface area (Å²) in [6.07, 6.45) is -18.3. The van der Waals surface area contributed by atoms with Gasteiger partial charge in [0.1, 0.15) is 49.3 Å². The Morgan fingerprint density at radius 2 is 1.27 bits per heavy atom. The number of nitro groups is 1. The third kappa shape index (κ3) is 5.45. The van der Waals surface area contributed by atoms with Crippen molar-refractivity contribution in [2.24, 2.45) is 17.2 Å². The maximum absolute atomic E-state index is 11.5. The number of ether oxygens (including phenoxy) is 5. The van der Waals surface area contributed by atoms with Gasteiger partial charge in [0, 0.05) is 0 Å². The molecule has 0 saturated carbocycles. The maximum Gasteiger partial charge on any atom is 0.378 e. The molecule has 19 nitrogen and oxygen atoms in total. The largest absolute Gasteiger partial charge is 0.394 e. The molecule has 0 aromatic heterocycles. The number of aliphatic hydroxyl groups is 8. The highest BCUT2D eigenvalue weighted by Gasteiger charge is 2.63. The van der Waals surface area contributed by atoms with Crippen LogP contribution >= 0.6 is 0 Å². The van der Waals surface area contributed by atoms with Crippen LogP contribution in [0.15, 0.2) is 0 Å². The van der Waals surface area contributed by atoms with Gasteiger partial charge in [-0.2, -0.15) is 0 Å². The highest BCUT2D eigenvalue weighted by atomic mass is 16.8. The summed E-state index contributed by atoms with van der Waals surface area (Å²) in [7, 11) is 0. The van der Waals surface area contributed by atoms with E-state index in [1.54, 1.807) is 0 Å². The maximum atomic E-state index is 11.5. The van der Waals surface area contributed by atoms with Crippen molar-refractivity contribution in [3.8, 4) is 0 Å². The van der Waals surface area contributed by atoms with Gasteiger partial charge in [-0.3, -0.25) is 14.9 Å². The molecule has 0 aromatic rings. The van der Waals surface area contributed by atoms with Crippen molar-refractivity contribution >= 4 is 0 Å². The van der Waals surface area contributed by atoms with Gasteiger partial charge in [-0.15, -0.1) is 0 Å². The molecular weight excluding hydrogens is 512 g/mol. The average Bonchev–Trinajstić information content (AvgIpc) is 2.88. The molecule has 3 aliphatic rings. The topological polar surface area (TPSA) is 329 Å². The van der Waals surface area contributed by atoms with E-state index in [0.29, 0.717) is 0 Å². The molecule has 3 fully saturated rings. The van der Waals surface area contributed by atoms with Crippen LogP contribution in [0.25, 0.3) is 0 Å². The summed E-state index contributed by atoms with van der Waals surface area (Å²) in [5.41, 5.74) is 14.6. The number of rotatable bonds is 8. The molecule has 3 saturated heterocycles. The minimum absolute atomic E-state index is 0.709. The zero-order chi connectivity index (χ0) is 27.8. The minimum atomic E-state index is -2.91. The highest BCUT2D eigenvalue weighted by Crippen LogP contribution is 2.34. The average molecular weight is 546 g/mol. The van der Waals surface area contributed by atoms with E-state index < -0.39 is 116 Å². The van der Waals surface area contributed by atoms with Gasteiger partial charge in [0.15, 0.2) is 25.0 Å². The van der Waals surface area contributed by atoms with Crippen LogP contribution in [0.3, 0.4) is 0 Å². The predicted octanol–water partition coefficient (Wildman–Crippen LogP) is -8.07. The first-order chi connectivity index (χ1) is 17.3. The Kier molecular flexibility index (Phi) is 9.73. The fraction of sp³-hybridized carbons (Fsp3) is 1.00. The lowest BCUT2D eigenvalue weighted by atomic mass is 9.92. The third-order valence-corrected chi connectivity index (χ3v) is 6.75. The molecule has 3 rings (SSSR count). The fourth-order valence-corrected chi connectivity index (χ4v) is 4.40. The van der Waals surface area contributed by atoms with E-state index in [1.807, 2.05) is 0 Å². The summed E-state index contributed by atoms with van der Waals surface area (Å²) in [5.74, 6) is 0. The standard InChI is InChI=1S/C18H34N4O15/c19-6-9(26)12(4(1-23)33-15(6)30)35-16-7(20)10(27)13(5(2-24)34-16)36-17-8(21)11(28)14(29)18(3-25,37-17)22(31)32/h4-17,23-30H,1-3,19-21H2/t4-,5-,6-,7-,8-,9-,10-,11-,12?,13?,14+,15-,16+,17+,18-/m1/s1. The van der Waals surface area contributed by atoms with Crippen LogP contribution < -0.4 is 17.2 Å². The summed E-state index contributed by atoms with van der Waals surface area (Å²) in [4.78, 5) is 10.4. The summed E-state index contributed by atoms with van der Waals surface area (Å²) in [6, 6.07) is -4.42. The molecule has 0 bridgehead atoms. The van der Waals surface area contributed by atoms with Crippen LogP contribution in [0.5, 0.6) is 0 Å². The quantitative estimate of drug-likeness (QED) is 0.0993. The van der Waals surface area contributed by atoms with Crippen LogP contribution in [0.1, 0.15) is 0 Å². The zero-order valence-electron chi connectivity index (χ0n) is 19.3. The SMILES string of the molecule is N[C@H]1[C@@H](OC2[C@@H](CO)O[C@@H](OC3[C@@H](CO)O[C@@H](O)[C@H](N)[C@H]3O)[C@H](N)[C@H]2O)O[C@@](CO)([N+](=O)[O-])[C@@H](O)[C@@H]1O. The molecule has 0 amide bonds. The van der Waals surface area contributed by atoms with Gasteiger partial charge < -0.3 is 77.0 Å². The lowest BCUT2D eigenvalue weighted by Gasteiger charge is -2.48. The van der Waals surface area contributed by atoms with E-state index in [9.17, 15) is 51.0 Å². The molecule has 0 aliphatic carbocycles. The Morgan fingerprint density at radius 3 is 1.78 bits per heavy atom. The number of nitrogens with zero attached hydrogens (tertiary/aromatic N) is 1. The summed E-state index contributed by atoms with van der Waals surface area (Å²) in [5, 5.41) is 91.7. The second kappa shape index (κ2) is 11.9. The van der Waals surface area contributed by atoms with Crippen molar-refractivity contribution in [2.45, 2.75) is 91.6 Å². The summed E-state index contributed by atoms with van der Waals surface area (Å²) in [6.45, 7) is -2.92. The van der Waals surface area contributed by atoms with E-state index in [1.165, 1.54) is 0 Å². The third-order valence-electron chi connectivity index (χ3n) is 6.75. The monoisotopic (exact) mass is 546 g/mol. The fourth-order valence-electron chi connectivity index (χ4n) is 4.40. The van der Waals surface area contributed by atoms with Gasteiger partial charge in [0.2, 0.25) is 0 Å². The van der Waals surface area contributed by atoms with Gasteiger partial charge in [-0.1, -0.05) is 0 Å². The number of nitrogens with two attached hydrogens (primary N) is 3. The summed E-state index contributed by atoms with van der Waals surface area (Å²) < 4.78 is 26.9. The normalized spacial score (nSPS) is 51.1. The van der Waals surface area contributed by atoms with Crippen LogP contribution in [0.4, 0.5) is 0 Å². The predicted molar refractivity (Wildman–Crippen MR) is 113 cm³/mol. The second-order valence-corrected chi connectivity index (χ2v) is 9.07. The Labute approximate surface area is 209 Å². The Bertz CT molecular complexity index is 781. The first kappa shape index (κ1) is 30.3. The van der Waals surface area contributed by atoms with Gasteiger partial charge in [0.05, 0.1) is 36.3 Å². The highest BCUT2D eigenvalue weighted by molar-refractivity contribution is 5.00. The molecule has 19 heteroatoms. The van der Waals surface area contributed by atoms with Gasteiger partial charge in [0.25, 0.3) is 0 Å². The van der Waals surface area contributed by atoms with Crippen molar-refractivity contribution in [1.29, 1.82) is 0 Å². The smallest absolute Gasteiger partial charge is 0.378 e. The molecule has 0 radical (unpaired) electrons. The van der Waals surface area contributed by atoms with Crippen molar-refractivity contribution < 1.29 is 69.5 Å². The molecule has 3 aliphatic heterocycles. The van der Waals surface area contributed by atoms with Crippen LogP contribution in [0, 0.1) is 10.1 Å². The Hall–Kier alpha value is -1.24. The minimum Gasteiger partial charge on any atom is -0.394 e. The van der Waals surface area contributed by atoms with Gasteiger partial charge in [-0.05, 0) is 0 Å². The lowest BCUT2D eigenvalue weighted by molar-refractivity contribution is -0.666. The molecular formula is C18H34N4O15. The number of hydrogen-bond acceptors (Lipinski definition) is 18. The molecule has 0 aromatic carbocycles. The molecule has 3 heterocycles. The summed E-state index contributed by atoms with van der Waals surface area (Å²) >= 11 is 0. The van der Waals surface area contributed by atoms with Crippen molar-refractivity contribution in [1.82, 2.24) is 0 Å². The van der Waals surface area contributed by atoms with Crippen LogP contribution in [-0.2, 0) is 23.7 Å². The van der Waals surface area contributed by atoms with E-state index in [2.05, 4.69) is 0 Å². The zero-order valence-corrected chi connectivity index (χ0v) is 19.3. The molecule has 216 valence electrons. The molecule has 37 heavy (non-hydrogen) atoms. The van der Waals surface area contributed by atoms with Gasteiger partial charge >= 0.3 is 5.72 Å². The Morgan fingerprint density at radius 1 is 0.784 bits per heavy atom.